The third-order valence-electron chi connectivity index (χ3n) is 2.69. The molecule has 1 aromatic heterocycles. The van der Waals surface area contributed by atoms with Crippen LogP contribution in [0.4, 0.5) is 5.69 Å². The van der Waals surface area contributed by atoms with E-state index in [1.807, 2.05) is 0 Å². The number of aryl methyl sites for hydroxylation is 2. The lowest BCUT2D eigenvalue weighted by Crippen LogP contribution is -2.14. The van der Waals surface area contributed by atoms with Crippen molar-refractivity contribution in [2.75, 3.05) is 4.72 Å². The predicted molar refractivity (Wildman–Crippen MR) is 81.0 cm³/mol. The number of halogens is 2. The van der Waals surface area contributed by atoms with E-state index in [2.05, 4.69) is 9.71 Å². The van der Waals surface area contributed by atoms with Gasteiger partial charge in [-0.05, 0) is 49.2 Å². The van der Waals surface area contributed by atoms with Crippen LogP contribution in [0, 0.1) is 13.8 Å². The van der Waals surface area contributed by atoms with E-state index in [-0.39, 0.29) is 4.90 Å². The molecule has 1 aromatic carbocycles. The van der Waals surface area contributed by atoms with Crippen molar-refractivity contribution in [1.82, 2.24) is 4.98 Å². The number of anilines is 1. The molecule has 7 heteroatoms. The minimum atomic E-state index is -3.68. The Labute approximate surface area is 127 Å². The normalized spacial score (nSPS) is 11.4. The van der Waals surface area contributed by atoms with Crippen LogP contribution in [-0.4, -0.2) is 13.4 Å². The molecule has 106 valence electrons. The summed E-state index contributed by atoms with van der Waals surface area (Å²) in [6, 6.07) is 6.23. The number of aromatic nitrogens is 1. The molecule has 0 saturated carbocycles. The molecule has 4 nitrogen and oxygen atoms in total. The van der Waals surface area contributed by atoms with Gasteiger partial charge >= 0.3 is 0 Å². The van der Waals surface area contributed by atoms with Crippen molar-refractivity contribution in [3.63, 3.8) is 0 Å². The number of nitrogens with one attached hydrogen (secondary N) is 1. The van der Waals surface area contributed by atoms with Crippen molar-refractivity contribution in [1.29, 1.82) is 0 Å². The highest BCUT2D eigenvalue weighted by Crippen LogP contribution is 2.23. The molecule has 0 aliphatic carbocycles. The number of benzene rings is 1. The molecule has 20 heavy (non-hydrogen) atoms. The van der Waals surface area contributed by atoms with E-state index in [0.29, 0.717) is 27.0 Å². The Bertz CT molecular complexity index is 761. The second-order valence-corrected chi connectivity index (χ2v) is 6.79. The summed E-state index contributed by atoms with van der Waals surface area (Å²) in [5, 5.41) is 0.834. The molecule has 1 heterocycles. The zero-order chi connectivity index (χ0) is 14.9. The van der Waals surface area contributed by atoms with Gasteiger partial charge in [-0.3, -0.25) is 4.72 Å². The zero-order valence-electron chi connectivity index (χ0n) is 10.8. The summed E-state index contributed by atoms with van der Waals surface area (Å²) in [5.74, 6) is 0. The topological polar surface area (TPSA) is 59.1 Å². The molecule has 0 aliphatic heterocycles. The molecule has 2 rings (SSSR count). The maximum Gasteiger partial charge on any atom is 0.262 e. The Morgan fingerprint density at radius 1 is 1.10 bits per heavy atom. The fourth-order valence-corrected chi connectivity index (χ4v) is 3.33. The van der Waals surface area contributed by atoms with Gasteiger partial charge in [0.15, 0.2) is 0 Å². The van der Waals surface area contributed by atoms with Crippen molar-refractivity contribution in [2.24, 2.45) is 0 Å². The van der Waals surface area contributed by atoms with Crippen LogP contribution in [0.15, 0.2) is 35.4 Å². The second-order valence-electron chi connectivity index (χ2n) is 4.35. The monoisotopic (exact) mass is 330 g/mol. The molecular formula is C13H12Cl2N2O2S. The van der Waals surface area contributed by atoms with Gasteiger partial charge in [0, 0.05) is 5.02 Å². The van der Waals surface area contributed by atoms with Crippen LogP contribution in [-0.2, 0) is 10.0 Å². The first-order chi connectivity index (χ1) is 9.29. The lowest BCUT2D eigenvalue weighted by atomic mass is 10.2. The van der Waals surface area contributed by atoms with Crippen LogP contribution in [0.25, 0.3) is 0 Å². The van der Waals surface area contributed by atoms with Crippen molar-refractivity contribution in [2.45, 2.75) is 18.7 Å². The number of pyridine rings is 1. The maximum atomic E-state index is 12.3. The van der Waals surface area contributed by atoms with Gasteiger partial charge in [0.2, 0.25) is 0 Å². The molecule has 0 saturated heterocycles. The van der Waals surface area contributed by atoms with E-state index >= 15 is 0 Å². The SMILES string of the molecule is Cc1cc(Cl)ccc1S(=O)(=O)Nc1cnc(Cl)c(C)c1. The van der Waals surface area contributed by atoms with Gasteiger partial charge in [-0.15, -0.1) is 0 Å². The highest BCUT2D eigenvalue weighted by atomic mass is 35.5. The molecule has 0 atom stereocenters. The highest BCUT2D eigenvalue weighted by Gasteiger charge is 2.17. The van der Waals surface area contributed by atoms with Crippen molar-refractivity contribution in [3.8, 4) is 0 Å². The third kappa shape index (κ3) is 3.23. The smallest absolute Gasteiger partial charge is 0.262 e. The van der Waals surface area contributed by atoms with E-state index in [9.17, 15) is 8.42 Å². The van der Waals surface area contributed by atoms with Gasteiger partial charge in [0.05, 0.1) is 16.8 Å². The summed E-state index contributed by atoms with van der Waals surface area (Å²) in [5.41, 5.74) is 1.63. The van der Waals surface area contributed by atoms with Gasteiger partial charge in [-0.25, -0.2) is 13.4 Å². The average Bonchev–Trinajstić information content (AvgIpc) is 2.33. The van der Waals surface area contributed by atoms with Crippen molar-refractivity contribution in [3.05, 3.63) is 51.8 Å². The van der Waals surface area contributed by atoms with E-state index in [1.165, 1.54) is 18.3 Å². The molecular weight excluding hydrogens is 319 g/mol. The summed E-state index contributed by atoms with van der Waals surface area (Å²) >= 11 is 11.6. The molecule has 0 unspecified atom stereocenters. The minimum Gasteiger partial charge on any atom is -0.278 e. The lowest BCUT2D eigenvalue weighted by Gasteiger charge is -2.11. The van der Waals surface area contributed by atoms with Crippen LogP contribution in [0.3, 0.4) is 0 Å². The maximum absolute atomic E-state index is 12.3. The van der Waals surface area contributed by atoms with Gasteiger partial charge in [0.25, 0.3) is 10.0 Å². The van der Waals surface area contributed by atoms with Crippen molar-refractivity contribution < 1.29 is 8.42 Å². The molecule has 1 N–H and O–H groups in total. The van der Waals surface area contributed by atoms with E-state index in [1.54, 1.807) is 26.0 Å². The molecule has 0 bridgehead atoms. The summed E-state index contributed by atoms with van der Waals surface area (Å²) in [6.07, 6.45) is 1.37. The quantitative estimate of drug-likeness (QED) is 0.870. The fraction of sp³-hybridized carbons (Fsp3) is 0.154. The molecule has 0 aliphatic rings. The molecule has 0 radical (unpaired) electrons. The second kappa shape index (κ2) is 5.60. The Kier molecular flexibility index (Phi) is 4.22. The fourth-order valence-electron chi connectivity index (χ4n) is 1.74. The van der Waals surface area contributed by atoms with Crippen LogP contribution in [0.5, 0.6) is 0 Å². The van der Waals surface area contributed by atoms with Crippen LogP contribution in [0.1, 0.15) is 11.1 Å². The molecule has 0 spiro atoms. The first kappa shape index (κ1) is 15.1. The van der Waals surface area contributed by atoms with Gasteiger partial charge < -0.3 is 0 Å². The highest BCUT2D eigenvalue weighted by molar-refractivity contribution is 7.92. The van der Waals surface area contributed by atoms with Gasteiger partial charge in [0.1, 0.15) is 5.15 Å². The number of sulfonamides is 1. The number of nitrogens with zero attached hydrogens (tertiary/aromatic N) is 1. The van der Waals surface area contributed by atoms with Crippen molar-refractivity contribution >= 4 is 38.9 Å². The standard InChI is InChI=1S/C13H12Cl2N2O2S/c1-8-5-10(14)3-4-12(8)20(18,19)17-11-6-9(2)13(15)16-7-11/h3-7,17H,1-2H3. The van der Waals surface area contributed by atoms with Crippen LogP contribution >= 0.6 is 23.2 Å². The summed E-state index contributed by atoms with van der Waals surface area (Å²) in [7, 11) is -3.68. The first-order valence-corrected chi connectivity index (χ1v) is 7.94. The third-order valence-corrected chi connectivity index (χ3v) is 4.87. The molecule has 0 amide bonds. The minimum absolute atomic E-state index is 0.175. The first-order valence-electron chi connectivity index (χ1n) is 5.71. The van der Waals surface area contributed by atoms with E-state index in [0.717, 1.165) is 0 Å². The molecule has 0 fully saturated rings. The van der Waals surface area contributed by atoms with E-state index in [4.69, 9.17) is 23.2 Å². The largest absolute Gasteiger partial charge is 0.278 e. The van der Waals surface area contributed by atoms with E-state index < -0.39 is 10.0 Å². The Hall–Kier alpha value is -1.30. The Morgan fingerprint density at radius 2 is 1.80 bits per heavy atom. The number of hydrogen-bond acceptors (Lipinski definition) is 3. The van der Waals surface area contributed by atoms with Crippen LogP contribution in [0.2, 0.25) is 10.2 Å². The average molecular weight is 331 g/mol. The summed E-state index contributed by atoms with van der Waals surface area (Å²) in [4.78, 5) is 4.09. The summed E-state index contributed by atoms with van der Waals surface area (Å²) in [6.45, 7) is 3.44. The molecule has 2 aromatic rings. The Morgan fingerprint density at radius 3 is 2.40 bits per heavy atom. The lowest BCUT2D eigenvalue weighted by molar-refractivity contribution is 0.600. The van der Waals surface area contributed by atoms with Crippen LogP contribution < -0.4 is 4.72 Å². The number of rotatable bonds is 3. The summed E-state index contributed by atoms with van der Waals surface area (Å²) < 4.78 is 27.1. The predicted octanol–water partition coefficient (Wildman–Crippen LogP) is 3.81. The Balaban J connectivity index is 2.38. The number of hydrogen-bond donors (Lipinski definition) is 1. The van der Waals surface area contributed by atoms with Gasteiger partial charge in [-0.1, -0.05) is 23.2 Å². The zero-order valence-corrected chi connectivity index (χ0v) is 13.1. The van der Waals surface area contributed by atoms with Gasteiger partial charge in [-0.2, -0.15) is 0 Å².